The lowest BCUT2D eigenvalue weighted by atomic mass is 9.91. The van der Waals surface area contributed by atoms with Crippen molar-refractivity contribution in [2.24, 2.45) is 5.73 Å². The van der Waals surface area contributed by atoms with Crippen LogP contribution in [0.2, 0.25) is 0 Å². The summed E-state index contributed by atoms with van der Waals surface area (Å²) in [5, 5.41) is 4.00. The fourth-order valence-electron chi connectivity index (χ4n) is 4.88. The molecule has 0 bridgehead atoms. The zero-order valence-corrected chi connectivity index (χ0v) is 19.9. The lowest BCUT2D eigenvalue weighted by Gasteiger charge is -2.38. The number of amides is 1. The first-order valence-corrected chi connectivity index (χ1v) is 12.4. The second kappa shape index (κ2) is 9.81. The molecule has 1 amide bonds. The number of nitrogens with zero attached hydrogens (tertiary/aromatic N) is 3. The number of halogens is 1. The second-order valence-electron chi connectivity index (χ2n) is 8.79. The summed E-state index contributed by atoms with van der Waals surface area (Å²) in [6.07, 6.45) is 5.40. The monoisotopic (exact) mass is 485 g/mol. The molecule has 0 atom stereocenters. The third-order valence-electron chi connectivity index (χ3n) is 6.65. The molecule has 1 aliphatic heterocycles. The number of aryl methyl sites for hydroxylation is 1. The molecule has 180 valence electrons. The van der Waals surface area contributed by atoms with Gasteiger partial charge in [0.15, 0.2) is 0 Å². The van der Waals surface area contributed by atoms with E-state index in [0.717, 1.165) is 62.9 Å². The number of morpholine rings is 1. The first-order valence-electron chi connectivity index (χ1n) is 11.6. The Balaban J connectivity index is 1.34. The molecule has 0 radical (unpaired) electrons. The van der Waals surface area contributed by atoms with Gasteiger partial charge in [-0.3, -0.25) is 9.69 Å². The average molecular weight is 486 g/mol. The number of nitrogens with two attached hydrogens (primary N) is 1. The van der Waals surface area contributed by atoms with E-state index in [0.29, 0.717) is 33.0 Å². The van der Waals surface area contributed by atoms with Crippen LogP contribution in [0.3, 0.4) is 0 Å². The van der Waals surface area contributed by atoms with Crippen molar-refractivity contribution >= 4 is 39.0 Å². The van der Waals surface area contributed by atoms with Gasteiger partial charge < -0.3 is 20.5 Å². The minimum Gasteiger partial charge on any atom is -0.488 e. The Morgan fingerprint density at radius 2 is 2.00 bits per heavy atom. The minimum absolute atomic E-state index is 0.0226. The van der Waals surface area contributed by atoms with Gasteiger partial charge in [0, 0.05) is 25.2 Å². The van der Waals surface area contributed by atoms with Gasteiger partial charge in [0.05, 0.1) is 35.3 Å². The minimum atomic E-state index is -0.495. The van der Waals surface area contributed by atoms with Crippen LogP contribution in [0.4, 0.5) is 15.9 Å². The molecule has 2 fully saturated rings. The Bertz CT molecular complexity index is 1190. The topological polar surface area (TPSA) is 103 Å². The first kappa shape index (κ1) is 22.9. The van der Waals surface area contributed by atoms with E-state index in [4.69, 9.17) is 15.2 Å². The van der Waals surface area contributed by atoms with Crippen molar-refractivity contribution in [2.75, 3.05) is 31.6 Å². The van der Waals surface area contributed by atoms with Gasteiger partial charge in [-0.05, 0) is 50.3 Å². The SMILES string of the molecule is Cc1c(C(N)=O)sc2ncnc(Nc3ccc(F)cc3O[C@H]3CC[C@@H](N4CCOCC4)CC3)c12. The van der Waals surface area contributed by atoms with E-state index in [1.54, 1.807) is 6.07 Å². The smallest absolute Gasteiger partial charge is 0.259 e. The van der Waals surface area contributed by atoms with Crippen molar-refractivity contribution in [2.45, 2.75) is 44.8 Å². The van der Waals surface area contributed by atoms with Gasteiger partial charge in [0.2, 0.25) is 0 Å². The Kier molecular flexibility index (Phi) is 6.62. The van der Waals surface area contributed by atoms with Gasteiger partial charge in [-0.2, -0.15) is 0 Å². The molecule has 3 aromatic rings. The van der Waals surface area contributed by atoms with Crippen molar-refractivity contribution in [1.29, 1.82) is 0 Å². The van der Waals surface area contributed by atoms with Crippen LogP contribution in [0.25, 0.3) is 10.2 Å². The van der Waals surface area contributed by atoms with Crippen LogP contribution >= 0.6 is 11.3 Å². The summed E-state index contributed by atoms with van der Waals surface area (Å²) in [5.74, 6) is 0.117. The van der Waals surface area contributed by atoms with E-state index in [9.17, 15) is 9.18 Å². The maximum Gasteiger partial charge on any atom is 0.259 e. The van der Waals surface area contributed by atoms with E-state index >= 15 is 0 Å². The highest BCUT2D eigenvalue weighted by Crippen LogP contribution is 2.37. The highest BCUT2D eigenvalue weighted by Gasteiger charge is 2.28. The molecule has 1 aromatic carbocycles. The third-order valence-corrected chi connectivity index (χ3v) is 7.86. The number of aromatic nitrogens is 2. The number of primary amides is 1. The average Bonchev–Trinajstić information content (AvgIpc) is 3.19. The molecule has 0 unspecified atom stereocenters. The molecular weight excluding hydrogens is 457 g/mol. The van der Waals surface area contributed by atoms with Crippen molar-refractivity contribution < 1.29 is 18.7 Å². The zero-order chi connectivity index (χ0) is 23.7. The first-order chi connectivity index (χ1) is 16.5. The van der Waals surface area contributed by atoms with Gasteiger partial charge in [-0.15, -0.1) is 11.3 Å². The molecule has 1 saturated heterocycles. The highest BCUT2D eigenvalue weighted by molar-refractivity contribution is 7.20. The molecule has 2 aromatic heterocycles. The van der Waals surface area contributed by atoms with Gasteiger partial charge in [0.1, 0.15) is 28.5 Å². The number of benzene rings is 1. The molecule has 3 N–H and O–H groups in total. The molecule has 1 saturated carbocycles. The summed E-state index contributed by atoms with van der Waals surface area (Å²) in [5.41, 5.74) is 6.85. The molecular formula is C24H28FN5O3S. The van der Waals surface area contributed by atoms with E-state index in [-0.39, 0.29) is 11.9 Å². The van der Waals surface area contributed by atoms with Crippen LogP contribution in [0, 0.1) is 12.7 Å². The number of carbonyl (C=O) groups excluding carboxylic acids is 1. The maximum atomic E-state index is 14.2. The number of nitrogens with one attached hydrogen (secondary N) is 1. The van der Waals surface area contributed by atoms with Gasteiger partial charge >= 0.3 is 0 Å². The van der Waals surface area contributed by atoms with Crippen LogP contribution in [-0.2, 0) is 4.74 Å². The number of carbonyl (C=O) groups is 1. The molecule has 10 heteroatoms. The Morgan fingerprint density at radius 1 is 1.24 bits per heavy atom. The predicted octanol–water partition coefficient (Wildman–Crippen LogP) is 4.00. The van der Waals surface area contributed by atoms with E-state index in [2.05, 4.69) is 20.2 Å². The fourth-order valence-corrected chi connectivity index (χ4v) is 5.88. The molecule has 34 heavy (non-hydrogen) atoms. The van der Waals surface area contributed by atoms with Crippen molar-refractivity contribution in [3.63, 3.8) is 0 Å². The summed E-state index contributed by atoms with van der Waals surface area (Å²) in [4.78, 5) is 24.1. The van der Waals surface area contributed by atoms with E-state index in [1.807, 2.05) is 6.92 Å². The van der Waals surface area contributed by atoms with Gasteiger partial charge in [0.25, 0.3) is 5.91 Å². The molecule has 8 nitrogen and oxygen atoms in total. The Labute approximate surface area is 201 Å². The second-order valence-corrected chi connectivity index (χ2v) is 9.78. The van der Waals surface area contributed by atoms with Crippen LogP contribution in [0.5, 0.6) is 5.75 Å². The third kappa shape index (κ3) is 4.70. The summed E-state index contributed by atoms with van der Waals surface area (Å²) < 4.78 is 25.9. The van der Waals surface area contributed by atoms with Crippen LogP contribution in [0.15, 0.2) is 24.5 Å². The van der Waals surface area contributed by atoms with Crippen molar-refractivity contribution in [3.8, 4) is 5.75 Å². The molecule has 1 aliphatic carbocycles. The molecule has 5 rings (SSSR count). The molecule has 2 aliphatic rings. The van der Waals surface area contributed by atoms with E-state index in [1.165, 1.54) is 29.8 Å². The van der Waals surface area contributed by atoms with Crippen LogP contribution in [-0.4, -0.2) is 59.2 Å². The standard InChI is InChI=1S/C24H28FN5O3S/c1-14-20-23(27-13-28-24(20)34-21(14)22(26)31)29-18-7-2-15(25)12-19(18)33-17-5-3-16(4-6-17)30-8-10-32-11-9-30/h2,7,12-13,16-17H,3-6,8-11H2,1H3,(H2,26,31)(H,27,28,29)/t16-,17+. The number of hydrogen-bond donors (Lipinski definition) is 2. The number of ether oxygens (including phenoxy) is 2. The number of anilines is 2. The summed E-state index contributed by atoms with van der Waals surface area (Å²) in [6.45, 7) is 5.40. The van der Waals surface area contributed by atoms with E-state index < -0.39 is 5.91 Å². The van der Waals surface area contributed by atoms with Gasteiger partial charge in [-0.25, -0.2) is 14.4 Å². The van der Waals surface area contributed by atoms with Crippen molar-refractivity contribution in [3.05, 3.63) is 40.8 Å². The summed E-state index contributed by atoms with van der Waals surface area (Å²) >= 11 is 1.23. The maximum absolute atomic E-state index is 14.2. The van der Waals surface area contributed by atoms with Crippen LogP contribution < -0.4 is 15.8 Å². The quantitative estimate of drug-likeness (QED) is 0.544. The Morgan fingerprint density at radius 3 is 2.74 bits per heavy atom. The Hall–Kier alpha value is -2.82. The fraction of sp³-hybridized carbons (Fsp3) is 0.458. The van der Waals surface area contributed by atoms with Gasteiger partial charge in [-0.1, -0.05) is 0 Å². The number of rotatable bonds is 6. The summed E-state index contributed by atoms with van der Waals surface area (Å²) in [7, 11) is 0. The highest BCUT2D eigenvalue weighted by atomic mass is 32.1. The van der Waals surface area contributed by atoms with Crippen LogP contribution in [0.1, 0.15) is 40.9 Å². The molecule has 3 heterocycles. The molecule has 0 spiro atoms. The normalized spacial score (nSPS) is 21.5. The zero-order valence-electron chi connectivity index (χ0n) is 19.1. The number of fused-ring (bicyclic) bond motifs is 1. The lowest BCUT2D eigenvalue weighted by Crippen LogP contribution is -2.46. The van der Waals surface area contributed by atoms with Crippen molar-refractivity contribution in [1.82, 2.24) is 14.9 Å². The number of thiophene rings is 1. The largest absolute Gasteiger partial charge is 0.488 e. The number of hydrogen-bond acceptors (Lipinski definition) is 8. The summed E-state index contributed by atoms with van der Waals surface area (Å²) in [6, 6.07) is 5.00. The predicted molar refractivity (Wildman–Crippen MR) is 129 cm³/mol. The lowest BCUT2D eigenvalue weighted by molar-refractivity contribution is -0.000994.